The van der Waals surface area contributed by atoms with Gasteiger partial charge in [-0.1, -0.05) is 23.7 Å². The van der Waals surface area contributed by atoms with Gasteiger partial charge in [-0.25, -0.2) is 9.67 Å². The average Bonchev–Trinajstić information content (AvgIpc) is 3.22. The number of halogens is 1. The molecule has 0 aliphatic heterocycles. The van der Waals surface area contributed by atoms with E-state index >= 15 is 0 Å². The highest BCUT2D eigenvalue weighted by atomic mass is 35.5. The molecule has 1 amide bonds. The number of nitrogens with one attached hydrogen (secondary N) is 1. The Kier molecular flexibility index (Phi) is 6.28. The van der Waals surface area contributed by atoms with Crippen molar-refractivity contribution in [2.45, 2.75) is 13.0 Å². The smallest absolute Gasteiger partial charge is 0.238 e. The van der Waals surface area contributed by atoms with Crippen molar-refractivity contribution in [2.24, 2.45) is 0 Å². The van der Waals surface area contributed by atoms with Crippen LogP contribution in [0.5, 0.6) is 5.75 Å². The molecule has 0 bridgehead atoms. The molecule has 28 heavy (non-hydrogen) atoms. The summed E-state index contributed by atoms with van der Waals surface area (Å²) in [4.78, 5) is 18.3. The summed E-state index contributed by atoms with van der Waals surface area (Å²) in [5, 5.41) is 7.43. The third kappa shape index (κ3) is 4.68. The maximum atomic E-state index is 12.4. The van der Waals surface area contributed by atoms with Gasteiger partial charge in [0.15, 0.2) is 0 Å². The van der Waals surface area contributed by atoms with E-state index in [9.17, 15) is 4.79 Å². The van der Waals surface area contributed by atoms with Gasteiger partial charge in [-0.05, 0) is 49.9 Å². The highest BCUT2D eigenvalue weighted by molar-refractivity contribution is 6.32. The molecule has 0 fully saturated rings. The van der Waals surface area contributed by atoms with E-state index in [4.69, 9.17) is 16.3 Å². The predicted octanol–water partition coefficient (Wildman–Crippen LogP) is 3.56. The molecule has 8 heteroatoms. The Balaban J connectivity index is 1.59. The molecular weight excluding hydrogens is 378 g/mol. The molecule has 1 atom stereocenters. The van der Waals surface area contributed by atoms with Gasteiger partial charge in [0.2, 0.25) is 5.91 Å². The van der Waals surface area contributed by atoms with Crippen LogP contribution in [0.3, 0.4) is 0 Å². The van der Waals surface area contributed by atoms with Gasteiger partial charge in [-0.3, -0.25) is 9.69 Å². The lowest BCUT2D eigenvalue weighted by molar-refractivity contribution is -0.117. The molecule has 0 aliphatic rings. The van der Waals surface area contributed by atoms with Crippen LogP contribution in [0.1, 0.15) is 18.5 Å². The number of aromatic nitrogens is 3. The first-order chi connectivity index (χ1) is 13.5. The molecule has 3 rings (SSSR count). The van der Waals surface area contributed by atoms with Gasteiger partial charge in [0.05, 0.1) is 24.4 Å². The Bertz CT molecular complexity index is 928. The van der Waals surface area contributed by atoms with E-state index in [1.165, 1.54) is 6.33 Å². The minimum atomic E-state index is -0.116. The quantitative estimate of drug-likeness (QED) is 0.657. The van der Waals surface area contributed by atoms with Crippen LogP contribution in [-0.4, -0.2) is 46.3 Å². The molecule has 0 saturated heterocycles. The predicted molar refractivity (Wildman–Crippen MR) is 109 cm³/mol. The number of rotatable bonds is 7. The topological polar surface area (TPSA) is 72.3 Å². The second kappa shape index (κ2) is 8.86. The molecule has 0 spiro atoms. The van der Waals surface area contributed by atoms with Crippen molar-refractivity contribution in [3.05, 3.63) is 65.7 Å². The number of likely N-dealkylation sites (N-methyl/N-ethyl adjacent to an activating group) is 1. The molecule has 7 nitrogen and oxygen atoms in total. The number of methoxy groups -OCH3 is 1. The zero-order valence-corrected chi connectivity index (χ0v) is 16.7. The van der Waals surface area contributed by atoms with Crippen LogP contribution in [0.2, 0.25) is 5.02 Å². The summed E-state index contributed by atoms with van der Waals surface area (Å²) in [5.41, 5.74) is 2.67. The normalized spacial score (nSPS) is 12.0. The van der Waals surface area contributed by atoms with Gasteiger partial charge >= 0.3 is 0 Å². The number of hydrogen-bond acceptors (Lipinski definition) is 5. The fourth-order valence-electron chi connectivity index (χ4n) is 2.81. The molecule has 3 aromatic rings. The first kappa shape index (κ1) is 19.9. The second-order valence-corrected chi connectivity index (χ2v) is 6.83. The molecule has 0 radical (unpaired) electrons. The van der Waals surface area contributed by atoms with Gasteiger partial charge in [-0.15, -0.1) is 0 Å². The molecule has 0 unspecified atom stereocenters. The third-order valence-electron chi connectivity index (χ3n) is 4.55. The molecule has 146 valence electrons. The van der Waals surface area contributed by atoms with E-state index in [0.717, 1.165) is 11.3 Å². The van der Waals surface area contributed by atoms with Crippen LogP contribution in [0, 0.1) is 0 Å². The van der Waals surface area contributed by atoms with Crippen molar-refractivity contribution in [3.8, 4) is 11.4 Å². The van der Waals surface area contributed by atoms with Crippen LogP contribution in [-0.2, 0) is 4.79 Å². The Morgan fingerprint density at radius 1 is 1.29 bits per heavy atom. The summed E-state index contributed by atoms with van der Waals surface area (Å²) < 4.78 is 6.82. The average molecular weight is 400 g/mol. The number of benzene rings is 2. The third-order valence-corrected chi connectivity index (χ3v) is 4.84. The zero-order valence-electron chi connectivity index (χ0n) is 16.0. The van der Waals surface area contributed by atoms with Crippen LogP contribution in [0.25, 0.3) is 5.69 Å². The minimum Gasteiger partial charge on any atom is -0.495 e. The van der Waals surface area contributed by atoms with Crippen molar-refractivity contribution >= 4 is 23.2 Å². The maximum absolute atomic E-state index is 12.4. The lowest BCUT2D eigenvalue weighted by Crippen LogP contribution is -2.32. The lowest BCUT2D eigenvalue weighted by Gasteiger charge is -2.24. The number of nitrogens with zero attached hydrogens (tertiary/aromatic N) is 4. The van der Waals surface area contributed by atoms with Crippen molar-refractivity contribution in [1.29, 1.82) is 0 Å². The second-order valence-electron chi connectivity index (χ2n) is 6.42. The van der Waals surface area contributed by atoms with E-state index in [0.29, 0.717) is 16.5 Å². The number of amides is 1. The summed E-state index contributed by atoms with van der Waals surface area (Å²) in [5.74, 6) is 0.453. The van der Waals surface area contributed by atoms with E-state index in [-0.39, 0.29) is 18.5 Å². The van der Waals surface area contributed by atoms with Crippen molar-refractivity contribution < 1.29 is 9.53 Å². The van der Waals surface area contributed by atoms with Crippen molar-refractivity contribution in [1.82, 2.24) is 19.7 Å². The largest absolute Gasteiger partial charge is 0.495 e. The van der Waals surface area contributed by atoms with E-state index in [1.54, 1.807) is 36.3 Å². The van der Waals surface area contributed by atoms with Gasteiger partial charge < -0.3 is 10.1 Å². The van der Waals surface area contributed by atoms with Crippen molar-refractivity contribution in [3.63, 3.8) is 0 Å². The SMILES string of the molecule is COc1ccc(NC(=O)CN(C)[C@H](C)c2ccc(-n3cncn3)cc2)cc1Cl. The fraction of sp³-hybridized carbons (Fsp3) is 0.250. The van der Waals surface area contributed by atoms with Gasteiger partial charge in [0.1, 0.15) is 18.4 Å². The highest BCUT2D eigenvalue weighted by Crippen LogP contribution is 2.27. The number of carbonyl (C=O) groups excluding carboxylic acids is 1. The zero-order chi connectivity index (χ0) is 20.1. The molecule has 1 N–H and O–H groups in total. The summed E-state index contributed by atoms with van der Waals surface area (Å²) >= 11 is 6.10. The maximum Gasteiger partial charge on any atom is 0.238 e. The molecule has 0 aliphatic carbocycles. The minimum absolute atomic E-state index is 0.0648. The lowest BCUT2D eigenvalue weighted by atomic mass is 10.1. The van der Waals surface area contributed by atoms with Gasteiger partial charge in [0, 0.05) is 11.7 Å². The van der Waals surface area contributed by atoms with E-state index in [2.05, 4.69) is 22.3 Å². The Hall–Kier alpha value is -2.90. The molecule has 0 saturated carbocycles. The summed E-state index contributed by atoms with van der Waals surface area (Å²) in [7, 11) is 3.46. The molecular formula is C20H22ClN5O2. The molecule has 1 heterocycles. The van der Waals surface area contributed by atoms with Gasteiger partial charge in [-0.2, -0.15) is 5.10 Å². The fourth-order valence-corrected chi connectivity index (χ4v) is 3.07. The van der Waals surface area contributed by atoms with E-state index < -0.39 is 0 Å². The van der Waals surface area contributed by atoms with Crippen LogP contribution in [0.4, 0.5) is 5.69 Å². The standard InChI is InChI=1S/C20H22ClN5O2/c1-14(15-4-7-17(8-5-15)26-13-22-12-23-26)25(2)11-20(27)24-16-6-9-19(28-3)18(21)10-16/h4-10,12-14H,11H2,1-3H3,(H,24,27)/t14-/m1/s1. The Morgan fingerprint density at radius 3 is 2.64 bits per heavy atom. The molecule has 1 aromatic heterocycles. The Labute approximate surface area is 168 Å². The van der Waals surface area contributed by atoms with Crippen LogP contribution < -0.4 is 10.1 Å². The monoisotopic (exact) mass is 399 g/mol. The van der Waals surface area contributed by atoms with Crippen molar-refractivity contribution in [2.75, 3.05) is 26.0 Å². The summed E-state index contributed by atoms with van der Waals surface area (Å²) in [6.07, 6.45) is 3.15. The van der Waals surface area contributed by atoms with E-state index in [1.807, 2.05) is 36.2 Å². The van der Waals surface area contributed by atoms with Crippen LogP contribution in [0.15, 0.2) is 55.1 Å². The Morgan fingerprint density at radius 2 is 2.04 bits per heavy atom. The first-order valence-corrected chi connectivity index (χ1v) is 9.14. The molecule has 2 aromatic carbocycles. The van der Waals surface area contributed by atoms with Crippen LogP contribution >= 0.6 is 11.6 Å². The summed E-state index contributed by atoms with van der Waals surface area (Å²) in [6.45, 7) is 2.30. The highest BCUT2D eigenvalue weighted by Gasteiger charge is 2.15. The number of anilines is 1. The first-order valence-electron chi connectivity index (χ1n) is 8.76. The van der Waals surface area contributed by atoms with Gasteiger partial charge in [0.25, 0.3) is 0 Å². The number of ether oxygens (including phenoxy) is 1. The number of hydrogen-bond donors (Lipinski definition) is 1. The number of carbonyl (C=O) groups is 1. The summed E-state index contributed by atoms with van der Waals surface area (Å²) in [6, 6.07) is 13.2.